The van der Waals surface area contributed by atoms with Crippen LogP contribution in [0.5, 0.6) is 0 Å². The lowest BCUT2D eigenvalue weighted by Gasteiger charge is -2.33. The van der Waals surface area contributed by atoms with Gasteiger partial charge < -0.3 is 5.32 Å². The Balaban J connectivity index is 1.95. The van der Waals surface area contributed by atoms with Gasteiger partial charge in [0.15, 0.2) is 0 Å². The minimum Gasteiger partial charge on any atom is -0.311 e. The maximum Gasteiger partial charge on any atom is 0.0597 e. The van der Waals surface area contributed by atoms with Gasteiger partial charge in [-0.3, -0.25) is 9.58 Å². The van der Waals surface area contributed by atoms with Crippen molar-refractivity contribution >= 4 is 0 Å². The van der Waals surface area contributed by atoms with E-state index in [4.69, 9.17) is 0 Å². The topological polar surface area (TPSA) is 33.1 Å². The van der Waals surface area contributed by atoms with Gasteiger partial charge in [0.1, 0.15) is 0 Å². The zero-order valence-corrected chi connectivity index (χ0v) is 11.9. The normalized spacial score (nSPS) is 21.4. The second-order valence-corrected chi connectivity index (χ2v) is 5.27. The quantitative estimate of drug-likeness (QED) is 0.865. The van der Waals surface area contributed by atoms with E-state index in [9.17, 15) is 0 Å². The highest BCUT2D eigenvalue weighted by Gasteiger charge is 2.19. The molecule has 0 spiro atoms. The first kappa shape index (κ1) is 13.6. The lowest BCUT2D eigenvalue weighted by molar-refractivity contribution is 0.182. The van der Waals surface area contributed by atoms with Crippen LogP contribution in [0.3, 0.4) is 0 Å². The molecule has 1 N–H and O–H groups in total. The molecule has 0 radical (unpaired) electrons. The van der Waals surface area contributed by atoms with E-state index in [0.29, 0.717) is 6.04 Å². The first-order valence-corrected chi connectivity index (χ1v) is 7.22. The Morgan fingerprint density at radius 2 is 2.28 bits per heavy atom. The zero-order valence-electron chi connectivity index (χ0n) is 11.9. The lowest BCUT2D eigenvalue weighted by Crippen LogP contribution is -2.50. The van der Waals surface area contributed by atoms with Crippen molar-refractivity contribution in [2.24, 2.45) is 0 Å². The largest absolute Gasteiger partial charge is 0.311 e. The van der Waals surface area contributed by atoms with Gasteiger partial charge in [-0.1, -0.05) is 13.3 Å². The molecule has 0 bridgehead atoms. The third-order valence-corrected chi connectivity index (χ3v) is 3.65. The fourth-order valence-electron chi connectivity index (χ4n) is 2.81. The SMILES string of the molecule is CCCC1CN(Cc2cc(C)nn2CC)CCN1. The van der Waals surface area contributed by atoms with Crippen LogP contribution in [0.15, 0.2) is 6.07 Å². The summed E-state index contributed by atoms with van der Waals surface area (Å²) < 4.78 is 2.13. The highest BCUT2D eigenvalue weighted by Crippen LogP contribution is 2.11. The minimum absolute atomic E-state index is 0.669. The Hall–Kier alpha value is -0.870. The highest BCUT2D eigenvalue weighted by atomic mass is 15.3. The predicted molar refractivity (Wildman–Crippen MR) is 74.6 cm³/mol. The van der Waals surface area contributed by atoms with E-state index in [1.165, 1.54) is 25.1 Å². The molecule has 0 aromatic carbocycles. The molecule has 1 saturated heterocycles. The molecule has 4 nitrogen and oxygen atoms in total. The summed E-state index contributed by atoms with van der Waals surface area (Å²) in [6.45, 7) is 11.9. The smallest absolute Gasteiger partial charge is 0.0597 e. The number of aromatic nitrogens is 2. The molecule has 1 aliphatic rings. The van der Waals surface area contributed by atoms with Gasteiger partial charge in [0.2, 0.25) is 0 Å². The van der Waals surface area contributed by atoms with E-state index in [-0.39, 0.29) is 0 Å². The van der Waals surface area contributed by atoms with Crippen LogP contribution in [0.4, 0.5) is 0 Å². The maximum atomic E-state index is 4.52. The summed E-state index contributed by atoms with van der Waals surface area (Å²) in [4.78, 5) is 2.56. The fraction of sp³-hybridized carbons (Fsp3) is 0.786. The summed E-state index contributed by atoms with van der Waals surface area (Å²) in [5.74, 6) is 0. The van der Waals surface area contributed by atoms with Crippen molar-refractivity contribution in [3.8, 4) is 0 Å². The third-order valence-electron chi connectivity index (χ3n) is 3.65. The molecule has 102 valence electrons. The first-order valence-electron chi connectivity index (χ1n) is 7.22. The van der Waals surface area contributed by atoms with E-state index >= 15 is 0 Å². The van der Waals surface area contributed by atoms with E-state index < -0.39 is 0 Å². The minimum atomic E-state index is 0.669. The molecular formula is C14H26N4. The van der Waals surface area contributed by atoms with Crippen LogP contribution in [-0.4, -0.2) is 40.4 Å². The molecule has 1 fully saturated rings. The van der Waals surface area contributed by atoms with Crippen LogP contribution < -0.4 is 5.32 Å². The van der Waals surface area contributed by atoms with Gasteiger partial charge in [0.05, 0.1) is 11.4 Å². The summed E-state index contributed by atoms with van der Waals surface area (Å²) in [5, 5.41) is 8.13. The first-order chi connectivity index (χ1) is 8.72. The summed E-state index contributed by atoms with van der Waals surface area (Å²) in [6.07, 6.45) is 2.54. The predicted octanol–water partition coefficient (Wildman–Crippen LogP) is 1.79. The van der Waals surface area contributed by atoms with E-state index in [0.717, 1.165) is 31.9 Å². The molecule has 2 heterocycles. The third kappa shape index (κ3) is 3.33. The van der Waals surface area contributed by atoms with Crippen molar-refractivity contribution in [3.05, 3.63) is 17.5 Å². The standard InChI is InChI=1S/C14H26N4/c1-4-6-13-10-17(8-7-15-13)11-14-9-12(3)16-18(14)5-2/h9,13,15H,4-8,10-11H2,1-3H3. The fourth-order valence-corrected chi connectivity index (χ4v) is 2.81. The number of aryl methyl sites for hydroxylation is 2. The Morgan fingerprint density at radius 1 is 1.44 bits per heavy atom. The van der Waals surface area contributed by atoms with E-state index in [1.54, 1.807) is 0 Å². The monoisotopic (exact) mass is 250 g/mol. The van der Waals surface area contributed by atoms with Crippen LogP contribution in [0.2, 0.25) is 0 Å². The van der Waals surface area contributed by atoms with E-state index in [1.807, 2.05) is 0 Å². The number of nitrogens with zero attached hydrogens (tertiary/aromatic N) is 3. The van der Waals surface area contributed by atoms with Gasteiger partial charge in [0, 0.05) is 38.8 Å². The number of rotatable bonds is 5. The average Bonchev–Trinajstić information content (AvgIpc) is 2.70. The number of piperazine rings is 1. The van der Waals surface area contributed by atoms with Gasteiger partial charge >= 0.3 is 0 Å². The zero-order chi connectivity index (χ0) is 13.0. The Kier molecular flexibility index (Phi) is 4.78. The Morgan fingerprint density at radius 3 is 3.00 bits per heavy atom. The van der Waals surface area contributed by atoms with Crippen LogP contribution >= 0.6 is 0 Å². The van der Waals surface area contributed by atoms with Gasteiger partial charge in [0.25, 0.3) is 0 Å². The van der Waals surface area contributed by atoms with Crippen LogP contribution in [0.25, 0.3) is 0 Å². The van der Waals surface area contributed by atoms with Crippen molar-refractivity contribution in [2.75, 3.05) is 19.6 Å². The average molecular weight is 250 g/mol. The number of hydrogen-bond acceptors (Lipinski definition) is 3. The summed E-state index contributed by atoms with van der Waals surface area (Å²) in [5.41, 5.74) is 2.49. The Labute approximate surface area is 110 Å². The maximum absolute atomic E-state index is 4.52. The molecule has 1 aliphatic heterocycles. The lowest BCUT2D eigenvalue weighted by atomic mass is 10.1. The van der Waals surface area contributed by atoms with Gasteiger partial charge in [-0.05, 0) is 26.3 Å². The van der Waals surface area contributed by atoms with Crippen molar-refractivity contribution < 1.29 is 0 Å². The molecule has 4 heteroatoms. The summed E-state index contributed by atoms with van der Waals surface area (Å²) in [7, 11) is 0. The van der Waals surface area contributed by atoms with Crippen molar-refractivity contribution in [1.29, 1.82) is 0 Å². The molecule has 0 amide bonds. The second kappa shape index (κ2) is 6.34. The van der Waals surface area contributed by atoms with Crippen LogP contribution in [0.1, 0.15) is 38.1 Å². The molecule has 1 aromatic heterocycles. The van der Waals surface area contributed by atoms with Crippen LogP contribution in [0, 0.1) is 6.92 Å². The molecular weight excluding hydrogens is 224 g/mol. The van der Waals surface area contributed by atoms with Crippen LogP contribution in [-0.2, 0) is 13.1 Å². The number of nitrogens with one attached hydrogen (secondary N) is 1. The van der Waals surface area contributed by atoms with Crippen molar-refractivity contribution in [2.45, 2.75) is 52.7 Å². The molecule has 1 unspecified atom stereocenters. The molecule has 1 aromatic rings. The molecule has 2 rings (SSSR count). The van der Waals surface area contributed by atoms with Crippen molar-refractivity contribution in [1.82, 2.24) is 20.0 Å². The Bertz CT molecular complexity index is 370. The molecule has 0 saturated carbocycles. The second-order valence-electron chi connectivity index (χ2n) is 5.27. The summed E-state index contributed by atoms with van der Waals surface area (Å²) in [6, 6.07) is 2.89. The molecule has 1 atom stereocenters. The molecule has 0 aliphatic carbocycles. The highest BCUT2D eigenvalue weighted by molar-refractivity contribution is 5.09. The van der Waals surface area contributed by atoms with Gasteiger partial charge in [-0.2, -0.15) is 5.10 Å². The van der Waals surface area contributed by atoms with E-state index in [2.05, 4.69) is 46.8 Å². The summed E-state index contributed by atoms with van der Waals surface area (Å²) >= 11 is 0. The molecule has 18 heavy (non-hydrogen) atoms. The van der Waals surface area contributed by atoms with Gasteiger partial charge in [-0.25, -0.2) is 0 Å². The van der Waals surface area contributed by atoms with Crippen molar-refractivity contribution in [3.63, 3.8) is 0 Å². The van der Waals surface area contributed by atoms with Gasteiger partial charge in [-0.15, -0.1) is 0 Å². The number of hydrogen-bond donors (Lipinski definition) is 1.